The normalized spacial score (nSPS) is 14.5. The summed E-state index contributed by atoms with van der Waals surface area (Å²) in [6.45, 7) is 3.12. The predicted octanol–water partition coefficient (Wildman–Crippen LogP) is 4.89. The third-order valence-electron chi connectivity index (χ3n) is 5.67. The van der Waals surface area contributed by atoms with Gasteiger partial charge in [-0.2, -0.15) is 5.10 Å². The van der Waals surface area contributed by atoms with Gasteiger partial charge in [0.15, 0.2) is 0 Å². The predicted molar refractivity (Wildman–Crippen MR) is 111 cm³/mol. The molecule has 0 aliphatic heterocycles. The first-order valence-corrected chi connectivity index (χ1v) is 10.1. The van der Waals surface area contributed by atoms with Crippen LogP contribution in [0.1, 0.15) is 60.0 Å². The number of amides is 1. The lowest BCUT2D eigenvalue weighted by molar-refractivity contribution is 0.0785. The van der Waals surface area contributed by atoms with E-state index in [4.69, 9.17) is 4.74 Å². The molecule has 0 radical (unpaired) electrons. The smallest absolute Gasteiger partial charge is 0.254 e. The number of ether oxygens (including phenoxy) is 1. The number of rotatable bonds is 6. The molecule has 28 heavy (non-hydrogen) atoms. The van der Waals surface area contributed by atoms with Crippen LogP contribution in [0.3, 0.4) is 0 Å². The minimum absolute atomic E-state index is 0.00422. The number of aromatic nitrogens is 2. The fraction of sp³-hybridized carbons (Fsp3) is 0.391. The Labute approximate surface area is 165 Å². The van der Waals surface area contributed by atoms with Crippen molar-refractivity contribution < 1.29 is 9.53 Å². The number of nitrogens with zero attached hydrogens (tertiary/aromatic N) is 2. The lowest BCUT2D eigenvalue weighted by Gasteiger charge is -2.20. The third-order valence-corrected chi connectivity index (χ3v) is 5.67. The van der Waals surface area contributed by atoms with Crippen molar-refractivity contribution in [3.63, 3.8) is 0 Å². The van der Waals surface area contributed by atoms with Crippen LogP contribution in [0.25, 0.3) is 10.9 Å². The summed E-state index contributed by atoms with van der Waals surface area (Å²) in [7, 11) is 1.84. The minimum atomic E-state index is -0.00422. The van der Waals surface area contributed by atoms with E-state index in [1.165, 1.54) is 31.2 Å². The van der Waals surface area contributed by atoms with Crippen molar-refractivity contribution in [2.75, 3.05) is 13.7 Å². The largest absolute Gasteiger partial charge is 0.494 e. The molecule has 1 aromatic heterocycles. The van der Waals surface area contributed by atoms with Gasteiger partial charge in [0.25, 0.3) is 5.91 Å². The molecular weight excluding hydrogens is 350 g/mol. The second-order valence-corrected chi connectivity index (χ2v) is 7.58. The Morgan fingerprint density at radius 2 is 2.07 bits per heavy atom. The zero-order valence-corrected chi connectivity index (χ0v) is 16.6. The Bertz CT molecular complexity index is 973. The van der Waals surface area contributed by atoms with Crippen molar-refractivity contribution >= 4 is 16.8 Å². The molecule has 1 aliphatic carbocycles. The third kappa shape index (κ3) is 3.61. The second kappa shape index (κ2) is 8.05. The number of carbonyl (C=O) groups excluding carboxylic acids is 1. The number of aromatic amines is 1. The Kier molecular flexibility index (Phi) is 5.33. The van der Waals surface area contributed by atoms with Crippen LogP contribution in [0, 0.1) is 0 Å². The molecular formula is C23H27N3O2. The van der Waals surface area contributed by atoms with E-state index in [9.17, 15) is 4.79 Å². The number of para-hydroxylation sites is 1. The Balaban J connectivity index is 1.56. The van der Waals surface area contributed by atoms with Gasteiger partial charge in [0.05, 0.1) is 18.3 Å². The fourth-order valence-corrected chi connectivity index (χ4v) is 4.23. The molecule has 0 bridgehead atoms. The Morgan fingerprint density at radius 3 is 2.86 bits per heavy atom. The van der Waals surface area contributed by atoms with Crippen LogP contribution >= 0.6 is 0 Å². The monoisotopic (exact) mass is 377 g/mol. The molecule has 0 atom stereocenters. The van der Waals surface area contributed by atoms with Crippen molar-refractivity contribution in [2.45, 2.75) is 45.1 Å². The highest BCUT2D eigenvalue weighted by atomic mass is 16.5. The van der Waals surface area contributed by atoms with Crippen LogP contribution in [0.2, 0.25) is 0 Å². The standard InChI is InChI=1S/C23H27N3O2/c1-3-28-21-13-17(11-12-20(21)16-7-4-5-8-16)23(27)26(2)15-19-10-6-9-18-14-24-25-22(18)19/h6,9-14,16H,3-5,7-8,15H2,1-2H3,(H,24,25). The molecule has 4 rings (SSSR count). The number of hydrogen-bond donors (Lipinski definition) is 1. The molecule has 1 N–H and O–H groups in total. The van der Waals surface area contributed by atoms with Crippen molar-refractivity contribution in [3.8, 4) is 5.75 Å². The summed E-state index contributed by atoms with van der Waals surface area (Å²) in [6, 6.07) is 12.0. The number of H-pyrrole nitrogens is 1. The molecule has 146 valence electrons. The summed E-state index contributed by atoms with van der Waals surface area (Å²) in [5.74, 6) is 1.42. The van der Waals surface area contributed by atoms with Crippen LogP contribution in [-0.4, -0.2) is 34.7 Å². The summed E-state index contributed by atoms with van der Waals surface area (Å²) in [5.41, 5.74) is 3.96. The van der Waals surface area contributed by atoms with Gasteiger partial charge in [0.1, 0.15) is 5.75 Å². The van der Waals surface area contributed by atoms with Crippen LogP contribution < -0.4 is 4.74 Å². The lowest BCUT2D eigenvalue weighted by atomic mass is 9.95. The van der Waals surface area contributed by atoms with E-state index < -0.39 is 0 Å². The average Bonchev–Trinajstić information content (AvgIpc) is 3.40. The highest BCUT2D eigenvalue weighted by molar-refractivity contribution is 5.95. The van der Waals surface area contributed by atoms with Gasteiger partial charge in [0.2, 0.25) is 0 Å². The quantitative estimate of drug-likeness (QED) is 0.665. The minimum Gasteiger partial charge on any atom is -0.494 e. The molecule has 0 unspecified atom stereocenters. The summed E-state index contributed by atoms with van der Waals surface area (Å²) in [6.07, 6.45) is 6.78. The van der Waals surface area contributed by atoms with E-state index in [-0.39, 0.29) is 5.91 Å². The van der Waals surface area contributed by atoms with Crippen molar-refractivity contribution in [1.82, 2.24) is 15.1 Å². The van der Waals surface area contributed by atoms with Gasteiger partial charge in [-0.1, -0.05) is 37.1 Å². The van der Waals surface area contributed by atoms with E-state index in [0.717, 1.165) is 22.2 Å². The first-order valence-electron chi connectivity index (χ1n) is 10.1. The highest BCUT2D eigenvalue weighted by Gasteiger charge is 2.22. The van der Waals surface area contributed by atoms with Gasteiger partial charge >= 0.3 is 0 Å². The summed E-state index contributed by atoms with van der Waals surface area (Å²) >= 11 is 0. The van der Waals surface area contributed by atoms with Gasteiger partial charge in [0, 0.05) is 24.5 Å². The van der Waals surface area contributed by atoms with E-state index in [1.54, 1.807) is 11.1 Å². The van der Waals surface area contributed by atoms with Gasteiger partial charge in [-0.3, -0.25) is 9.89 Å². The molecule has 5 nitrogen and oxygen atoms in total. The molecule has 5 heteroatoms. The maximum atomic E-state index is 13.1. The maximum absolute atomic E-state index is 13.1. The van der Waals surface area contributed by atoms with Gasteiger partial charge < -0.3 is 9.64 Å². The number of carbonyl (C=O) groups is 1. The highest BCUT2D eigenvalue weighted by Crippen LogP contribution is 2.39. The van der Waals surface area contributed by atoms with Gasteiger partial charge in [-0.25, -0.2) is 0 Å². The first-order chi connectivity index (χ1) is 13.7. The summed E-state index contributed by atoms with van der Waals surface area (Å²) in [5, 5.41) is 8.19. The van der Waals surface area contributed by atoms with Crippen LogP contribution in [0.4, 0.5) is 0 Å². The summed E-state index contributed by atoms with van der Waals surface area (Å²) < 4.78 is 5.90. The molecule has 1 amide bonds. The molecule has 1 saturated carbocycles. The van der Waals surface area contributed by atoms with Crippen molar-refractivity contribution in [3.05, 3.63) is 59.3 Å². The first kappa shape index (κ1) is 18.5. The SMILES string of the molecule is CCOc1cc(C(=O)N(C)Cc2cccc3cn[nH]c23)ccc1C1CCCC1. The Hall–Kier alpha value is -2.82. The van der Waals surface area contributed by atoms with Gasteiger partial charge in [-0.15, -0.1) is 0 Å². The van der Waals surface area contributed by atoms with Crippen molar-refractivity contribution in [2.24, 2.45) is 0 Å². The molecule has 1 fully saturated rings. The zero-order valence-electron chi connectivity index (χ0n) is 16.6. The van der Waals surface area contributed by atoms with Crippen molar-refractivity contribution in [1.29, 1.82) is 0 Å². The van der Waals surface area contributed by atoms with Crippen LogP contribution in [-0.2, 0) is 6.54 Å². The number of nitrogens with one attached hydrogen (secondary N) is 1. The van der Waals surface area contributed by atoms with Gasteiger partial charge in [-0.05, 0) is 48.9 Å². The fourth-order valence-electron chi connectivity index (χ4n) is 4.23. The topological polar surface area (TPSA) is 58.2 Å². The molecule has 1 aliphatic rings. The van der Waals surface area contributed by atoms with E-state index in [0.29, 0.717) is 24.6 Å². The van der Waals surface area contributed by atoms with E-state index in [1.807, 2.05) is 44.3 Å². The van der Waals surface area contributed by atoms with E-state index in [2.05, 4.69) is 16.3 Å². The molecule has 2 aromatic carbocycles. The Morgan fingerprint density at radius 1 is 1.25 bits per heavy atom. The maximum Gasteiger partial charge on any atom is 0.254 e. The van der Waals surface area contributed by atoms with E-state index >= 15 is 0 Å². The summed E-state index contributed by atoms with van der Waals surface area (Å²) in [4.78, 5) is 14.8. The molecule has 0 saturated heterocycles. The molecule has 0 spiro atoms. The lowest BCUT2D eigenvalue weighted by Crippen LogP contribution is -2.26. The number of fused-ring (bicyclic) bond motifs is 1. The van der Waals surface area contributed by atoms with Crippen LogP contribution in [0.15, 0.2) is 42.6 Å². The second-order valence-electron chi connectivity index (χ2n) is 7.58. The van der Waals surface area contributed by atoms with Crippen LogP contribution in [0.5, 0.6) is 5.75 Å². The molecule has 3 aromatic rings. The average molecular weight is 377 g/mol. The number of hydrogen-bond acceptors (Lipinski definition) is 3. The number of benzene rings is 2. The molecule has 1 heterocycles. The zero-order chi connectivity index (χ0) is 19.5.